The van der Waals surface area contributed by atoms with Crippen molar-refractivity contribution in [2.75, 3.05) is 13.7 Å². The summed E-state index contributed by atoms with van der Waals surface area (Å²) in [7, 11) is 1.49. The summed E-state index contributed by atoms with van der Waals surface area (Å²) in [6.07, 6.45) is 0. The minimum absolute atomic E-state index is 0.0272. The number of carboxylic acid groups (broad SMARTS) is 1. The van der Waals surface area contributed by atoms with Gasteiger partial charge in [-0.1, -0.05) is 6.07 Å². The zero-order valence-corrected chi connectivity index (χ0v) is 11.7. The van der Waals surface area contributed by atoms with Crippen LogP contribution >= 0.6 is 0 Å². The van der Waals surface area contributed by atoms with Crippen LogP contribution in [-0.2, 0) is 0 Å². The van der Waals surface area contributed by atoms with Crippen LogP contribution in [-0.4, -0.2) is 29.8 Å². The van der Waals surface area contributed by atoms with Crippen molar-refractivity contribution >= 4 is 5.97 Å². The maximum absolute atomic E-state index is 11.2. The summed E-state index contributed by atoms with van der Waals surface area (Å²) in [5.41, 5.74) is 0.0272. The maximum atomic E-state index is 11.2. The van der Waals surface area contributed by atoms with Crippen LogP contribution < -0.4 is 14.2 Å². The van der Waals surface area contributed by atoms with Crippen molar-refractivity contribution in [2.24, 2.45) is 0 Å². The van der Waals surface area contributed by atoms with E-state index in [9.17, 15) is 9.90 Å². The number of nitrogens with zero attached hydrogens (tertiary/aromatic N) is 1. The van der Waals surface area contributed by atoms with Gasteiger partial charge in [-0.2, -0.15) is 4.98 Å². The van der Waals surface area contributed by atoms with Crippen LogP contribution in [0.2, 0.25) is 0 Å². The highest BCUT2D eigenvalue weighted by Gasteiger charge is 2.14. The molecule has 6 heteroatoms. The second-order valence-electron chi connectivity index (χ2n) is 4.02. The topological polar surface area (TPSA) is 77.9 Å². The van der Waals surface area contributed by atoms with Crippen LogP contribution in [0.4, 0.5) is 0 Å². The fourth-order valence-electron chi connectivity index (χ4n) is 1.68. The number of ether oxygens (including phenoxy) is 3. The third-order valence-corrected chi connectivity index (χ3v) is 2.62. The normalized spacial score (nSPS) is 10.0. The van der Waals surface area contributed by atoms with E-state index in [2.05, 4.69) is 4.98 Å². The first-order valence-electron chi connectivity index (χ1n) is 6.33. The van der Waals surface area contributed by atoms with Crippen LogP contribution in [0.15, 0.2) is 36.4 Å². The Hall–Kier alpha value is -2.76. The molecule has 1 aromatic carbocycles. The molecule has 0 amide bonds. The lowest BCUT2D eigenvalue weighted by molar-refractivity contribution is 0.0694. The monoisotopic (exact) mass is 289 g/mol. The molecule has 0 fully saturated rings. The number of hydrogen-bond acceptors (Lipinski definition) is 5. The second kappa shape index (κ2) is 6.60. The van der Waals surface area contributed by atoms with Crippen LogP contribution in [0.25, 0.3) is 0 Å². The predicted molar refractivity (Wildman–Crippen MR) is 75.4 cm³/mol. The molecule has 0 aliphatic heterocycles. The van der Waals surface area contributed by atoms with Gasteiger partial charge in [0.2, 0.25) is 11.8 Å². The zero-order valence-electron chi connectivity index (χ0n) is 11.7. The van der Waals surface area contributed by atoms with Gasteiger partial charge >= 0.3 is 5.97 Å². The highest BCUT2D eigenvalue weighted by atomic mass is 16.5. The zero-order chi connectivity index (χ0) is 15.2. The number of aromatic carboxylic acids is 1. The Kier molecular flexibility index (Phi) is 4.61. The van der Waals surface area contributed by atoms with Gasteiger partial charge in [0.15, 0.2) is 0 Å². The van der Waals surface area contributed by atoms with E-state index >= 15 is 0 Å². The van der Waals surface area contributed by atoms with E-state index in [0.717, 1.165) is 0 Å². The summed E-state index contributed by atoms with van der Waals surface area (Å²) in [5, 5.41) is 9.18. The predicted octanol–water partition coefficient (Wildman–Crippen LogP) is 2.98. The van der Waals surface area contributed by atoms with Gasteiger partial charge in [-0.3, -0.25) is 0 Å². The molecular weight excluding hydrogens is 274 g/mol. The van der Waals surface area contributed by atoms with Gasteiger partial charge in [-0.15, -0.1) is 0 Å². The molecule has 1 N–H and O–H groups in total. The molecule has 0 unspecified atom stereocenters. The standard InChI is InChI=1S/C15H15NO5/c1-3-20-13-5-4-6-14(16-13)21-12-9-10(19-2)7-8-11(12)15(17)18/h4-9H,3H2,1-2H3,(H,17,18). The number of aromatic nitrogens is 1. The third-order valence-electron chi connectivity index (χ3n) is 2.62. The number of carboxylic acids is 1. The molecule has 6 nitrogen and oxygen atoms in total. The van der Waals surface area contributed by atoms with E-state index in [1.165, 1.54) is 19.2 Å². The summed E-state index contributed by atoms with van der Waals surface area (Å²) in [6.45, 7) is 2.33. The van der Waals surface area contributed by atoms with Gasteiger partial charge < -0.3 is 19.3 Å². The fraction of sp³-hybridized carbons (Fsp3) is 0.200. The summed E-state index contributed by atoms with van der Waals surface area (Å²) in [6, 6.07) is 9.50. The van der Waals surface area contributed by atoms with Gasteiger partial charge in [0.25, 0.3) is 0 Å². The van der Waals surface area contributed by atoms with Crippen molar-refractivity contribution < 1.29 is 24.1 Å². The molecule has 0 saturated heterocycles. The lowest BCUT2D eigenvalue weighted by Gasteiger charge is -2.10. The molecule has 0 bridgehead atoms. The summed E-state index contributed by atoms with van der Waals surface area (Å²) >= 11 is 0. The Morgan fingerprint density at radius 3 is 2.67 bits per heavy atom. The highest BCUT2D eigenvalue weighted by molar-refractivity contribution is 5.91. The first-order valence-corrected chi connectivity index (χ1v) is 6.33. The second-order valence-corrected chi connectivity index (χ2v) is 4.02. The molecule has 21 heavy (non-hydrogen) atoms. The lowest BCUT2D eigenvalue weighted by atomic mass is 10.2. The molecule has 1 heterocycles. The molecule has 0 saturated carbocycles. The number of carbonyl (C=O) groups is 1. The van der Waals surface area contributed by atoms with Crippen LogP contribution in [0.1, 0.15) is 17.3 Å². The van der Waals surface area contributed by atoms with E-state index in [0.29, 0.717) is 18.2 Å². The maximum Gasteiger partial charge on any atom is 0.339 e. The fourth-order valence-corrected chi connectivity index (χ4v) is 1.68. The molecule has 1 aromatic heterocycles. The van der Waals surface area contributed by atoms with Gasteiger partial charge in [0.05, 0.1) is 13.7 Å². The average molecular weight is 289 g/mol. The summed E-state index contributed by atoms with van der Waals surface area (Å²) in [5.74, 6) is 0.221. The summed E-state index contributed by atoms with van der Waals surface area (Å²) < 4.78 is 15.9. The molecule has 0 radical (unpaired) electrons. The van der Waals surface area contributed by atoms with Crippen molar-refractivity contribution in [2.45, 2.75) is 6.92 Å². The van der Waals surface area contributed by atoms with E-state index in [1.807, 2.05) is 6.92 Å². The van der Waals surface area contributed by atoms with Gasteiger partial charge in [-0.05, 0) is 19.1 Å². The van der Waals surface area contributed by atoms with E-state index in [-0.39, 0.29) is 17.2 Å². The van der Waals surface area contributed by atoms with Crippen LogP contribution in [0.5, 0.6) is 23.3 Å². The SMILES string of the molecule is CCOc1cccc(Oc2cc(OC)ccc2C(=O)O)n1. The first-order chi connectivity index (χ1) is 10.1. The number of rotatable bonds is 6. The van der Waals surface area contributed by atoms with Gasteiger partial charge in [0.1, 0.15) is 17.1 Å². The van der Waals surface area contributed by atoms with Crippen molar-refractivity contribution in [3.05, 3.63) is 42.0 Å². The van der Waals surface area contributed by atoms with Crippen molar-refractivity contribution in [3.8, 4) is 23.3 Å². The van der Waals surface area contributed by atoms with E-state index in [4.69, 9.17) is 14.2 Å². The molecule has 0 atom stereocenters. The van der Waals surface area contributed by atoms with Crippen LogP contribution in [0.3, 0.4) is 0 Å². The van der Waals surface area contributed by atoms with Crippen molar-refractivity contribution in [1.29, 1.82) is 0 Å². The molecule has 2 aromatic rings. The molecule has 0 aliphatic carbocycles. The lowest BCUT2D eigenvalue weighted by Crippen LogP contribution is -2.02. The minimum Gasteiger partial charge on any atom is -0.497 e. The Labute approximate surface area is 121 Å². The average Bonchev–Trinajstić information content (AvgIpc) is 2.47. The molecule has 2 rings (SSSR count). The number of pyridine rings is 1. The molecule has 0 spiro atoms. The van der Waals surface area contributed by atoms with E-state index in [1.54, 1.807) is 24.3 Å². The molecular formula is C15H15NO5. The molecule has 0 aliphatic rings. The van der Waals surface area contributed by atoms with Gasteiger partial charge in [0, 0.05) is 18.2 Å². The quantitative estimate of drug-likeness (QED) is 0.880. The number of benzene rings is 1. The first kappa shape index (κ1) is 14.6. The number of hydrogen-bond donors (Lipinski definition) is 1. The Bertz CT molecular complexity index is 642. The van der Waals surface area contributed by atoms with Crippen LogP contribution in [0, 0.1) is 0 Å². The van der Waals surface area contributed by atoms with Crippen molar-refractivity contribution in [3.63, 3.8) is 0 Å². The minimum atomic E-state index is -1.09. The van der Waals surface area contributed by atoms with Crippen molar-refractivity contribution in [1.82, 2.24) is 4.98 Å². The third kappa shape index (κ3) is 3.62. The number of methoxy groups -OCH3 is 1. The summed E-state index contributed by atoms with van der Waals surface area (Å²) in [4.78, 5) is 15.4. The Morgan fingerprint density at radius 1 is 1.24 bits per heavy atom. The highest BCUT2D eigenvalue weighted by Crippen LogP contribution is 2.29. The van der Waals surface area contributed by atoms with Gasteiger partial charge in [-0.25, -0.2) is 4.79 Å². The largest absolute Gasteiger partial charge is 0.497 e. The smallest absolute Gasteiger partial charge is 0.339 e. The molecule has 110 valence electrons. The Balaban J connectivity index is 2.33. The van der Waals surface area contributed by atoms with E-state index < -0.39 is 5.97 Å². The Morgan fingerprint density at radius 2 is 2.00 bits per heavy atom.